The first-order valence-electron chi connectivity index (χ1n) is 39.1. The predicted octanol–water partition coefficient (Wildman–Crippen LogP) is -3.38. The third-order valence-corrected chi connectivity index (χ3v) is 21.6. The molecule has 0 aromatic heterocycles. The number of unbranched alkanes of at least 4 members (excludes halogenated alkanes) is 21. The van der Waals surface area contributed by atoms with E-state index in [1.54, 1.807) is 0 Å². The predicted molar refractivity (Wildman–Crippen MR) is 375 cm³/mol. The summed E-state index contributed by atoms with van der Waals surface area (Å²) in [6.45, 7) is -1.94. The van der Waals surface area contributed by atoms with Crippen molar-refractivity contribution in [1.29, 1.82) is 0 Å². The van der Waals surface area contributed by atoms with E-state index in [0.717, 1.165) is 83.5 Å². The molecule has 110 heavy (non-hydrogen) atoms. The second-order valence-corrected chi connectivity index (χ2v) is 30.8. The van der Waals surface area contributed by atoms with Gasteiger partial charge in [0.1, 0.15) is 165 Å². The molecule has 0 amide bonds. The van der Waals surface area contributed by atoms with Crippen molar-refractivity contribution >= 4 is 19.8 Å². The average Bonchev–Trinajstić information content (AvgIpc) is 0.778. The van der Waals surface area contributed by atoms with Crippen molar-refractivity contribution in [1.82, 2.24) is 0 Å². The van der Waals surface area contributed by atoms with Crippen LogP contribution >= 0.6 is 7.82 Å². The van der Waals surface area contributed by atoms with E-state index >= 15 is 0 Å². The maximum Gasteiger partial charge on any atom is 0.472 e. The highest BCUT2D eigenvalue weighted by molar-refractivity contribution is 7.47. The van der Waals surface area contributed by atoms with Crippen LogP contribution in [0.1, 0.15) is 181 Å². The summed E-state index contributed by atoms with van der Waals surface area (Å²) in [5.41, 5.74) is 0. The monoisotopic (exact) mass is 1620 g/mol. The fourth-order valence-electron chi connectivity index (χ4n) is 13.7. The first kappa shape index (κ1) is 96.4. The van der Waals surface area contributed by atoms with Gasteiger partial charge in [0, 0.05) is 12.8 Å². The summed E-state index contributed by atoms with van der Waals surface area (Å²) in [4.78, 5) is 38.2. The van der Waals surface area contributed by atoms with Gasteiger partial charge in [-0.3, -0.25) is 18.6 Å². The molecule has 38 nitrogen and oxygen atoms in total. The van der Waals surface area contributed by atoms with Gasteiger partial charge >= 0.3 is 19.8 Å². The number of rotatable bonds is 50. The highest BCUT2D eigenvalue weighted by Crippen LogP contribution is 2.49. The molecule has 5 saturated heterocycles. The van der Waals surface area contributed by atoms with Crippen LogP contribution in [0.4, 0.5) is 0 Å². The summed E-state index contributed by atoms with van der Waals surface area (Å²) in [5, 5.41) is 217. The van der Waals surface area contributed by atoms with Crippen LogP contribution < -0.4 is 0 Å². The Bertz CT molecular complexity index is 2610. The minimum absolute atomic E-state index is 0.0193. The second-order valence-electron chi connectivity index (χ2n) is 29.4. The number of hydrogen-bond donors (Lipinski definition) is 21. The van der Waals surface area contributed by atoms with Gasteiger partial charge in [-0.1, -0.05) is 142 Å². The average molecular weight is 1620 g/mol. The number of esters is 2. The quantitative estimate of drug-likeness (QED) is 0.0122. The van der Waals surface area contributed by atoms with Crippen molar-refractivity contribution in [3.63, 3.8) is 0 Å². The highest BCUT2D eigenvalue weighted by Gasteiger charge is 2.59. The molecule has 6 rings (SSSR count). The third-order valence-electron chi connectivity index (χ3n) is 20.6. The molecule has 1 saturated carbocycles. The van der Waals surface area contributed by atoms with Crippen molar-refractivity contribution < 1.29 is 187 Å². The Hall–Kier alpha value is -2.41. The Morgan fingerprint density at radius 1 is 0.355 bits per heavy atom. The van der Waals surface area contributed by atoms with Gasteiger partial charge in [-0.25, -0.2) is 4.57 Å². The molecule has 14 unspecified atom stereocenters. The fraction of sp³-hybridized carbons (Fsp3) is 0.944. The SMILES string of the molecule is CCCCCC/C=C\CCCCCCCC(=O)O[C@H](COC(=O)CCCCCCCCCCCCCCC)COP(=O)(O)O[C@@H]1C(O[C@@H]2OC(CO[C@@H]3OC(CO[C@@H]4OC(CO[C@@H]5OC(CO)[C@H](O)C(O)[C@@H]5O)[C@H](O)C(O)[C@@H]4O)[C@H](O)C(O)[C@@H]3O)[C@H](O)C(O)[C@@H]2O)C(O)[C@@H](O)C(O)[C@H]1O[C@H]1OC(CO)[C@@H](O)C(O)[C@H]1O. The Balaban J connectivity index is 1.14. The molecule has 1 aliphatic carbocycles. The van der Waals surface area contributed by atoms with Crippen LogP contribution in [-0.4, -0.2) is 361 Å². The molecule has 6 aliphatic rings. The van der Waals surface area contributed by atoms with Gasteiger partial charge in [0.25, 0.3) is 0 Å². The van der Waals surface area contributed by atoms with E-state index in [9.17, 15) is 121 Å². The number of carbonyl (C=O) groups excluding carboxylic acids is 2. The lowest BCUT2D eigenvalue weighted by molar-refractivity contribution is -0.365. The molecule has 0 spiro atoms. The van der Waals surface area contributed by atoms with Crippen LogP contribution in [0.5, 0.6) is 0 Å². The smallest absolute Gasteiger partial charge is 0.462 e. The van der Waals surface area contributed by atoms with Gasteiger partial charge in [0.2, 0.25) is 0 Å². The Morgan fingerprint density at radius 3 is 1.04 bits per heavy atom. The molecule has 5 aliphatic heterocycles. The summed E-state index contributed by atoms with van der Waals surface area (Å²) >= 11 is 0. The molecule has 6 fully saturated rings. The normalized spacial score (nSPS) is 38.7. The van der Waals surface area contributed by atoms with E-state index in [-0.39, 0.29) is 12.8 Å². The summed E-state index contributed by atoms with van der Waals surface area (Å²) in [6.07, 6.45) is -38.2. The van der Waals surface area contributed by atoms with E-state index in [4.69, 9.17) is 65.9 Å². The van der Waals surface area contributed by atoms with Crippen LogP contribution in [-0.2, 0) is 80.0 Å². The lowest BCUT2D eigenvalue weighted by Gasteiger charge is -2.49. The van der Waals surface area contributed by atoms with E-state index in [0.29, 0.717) is 19.3 Å². The summed E-state index contributed by atoms with van der Waals surface area (Å²) < 4.78 is 92.8. The number of hydrogen-bond acceptors (Lipinski definition) is 37. The molecule has 39 heteroatoms. The molecule has 5 heterocycles. The lowest BCUT2D eigenvalue weighted by Crippen LogP contribution is -2.69. The van der Waals surface area contributed by atoms with Gasteiger partial charge in [-0.05, 0) is 38.5 Å². The van der Waals surface area contributed by atoms with Crippen molar-refractivity contribution in [3.05, 3.63) is 12.2 Å². The molecular weight excluding hydrogens is 1490 g/mol. The van der Waals surface area contributed by atoms with Gasteiger partial charge < -0.3 is 164 Å². The molecule has 0 aromatic rings. The first-order valence-corrected chi connectivity index (χ1v) is 40.6. The zero-order valence-electron chi connectivity index (χ0n) is 62.7. The topological polar surface area (TPSA) is 605 Å². The van der Waals surface area contributed by atoms with Crippen LogP contribution in [0.25, 0.3) is 0 Å². The molecule has 644 valence electrons. The maximum absolute atomic E-state index is 14.4. The highest BCUT2D eigenvalue weighted by atomic mass is 31.2. The van der Waals surface area contributed by atoms with E-state index in [1.807, 2.05) is 0 Å². The number of phosphoric acid groups is 1. The Morgan fingerprint density at radius 2 is 0.655 bits per heavy atom. The van der Waals surface area contributed by atoms with E-state index in [1.165, 1.54) is 51.4 Å². The number of aliphatic hydroxyl groups excluding tert-OH is 20. The largest absolute Gasteiger partial charge is 0.472 e. The summed E-state index contributed by atoms with van der Waals surface area (Å²) in [7, 11) is -5.85. The van der Waals surface area contributed by atoms with Gasteiger partial charge in [0.05, 0.1) is 39.6 Å². The van der Waals surface area contributed by atoms with Gasteiger partial charge in [0.15, 0.2) is 37.6 Å². The van der Waals surface area contributed by atoms with Crippen molar-refractivity contribution in [2.24, 2.45) is 0 Å². The standard InChI is InChI=1S/C71H127O38P/c1-3-5-7-9-11-13-15-17-19-21-23-25-27-29-44(74)96-33-38(101-45(75)30-28-26-24-22-20-18-16-14-12-10-8-6-4-2)34-100-110(94,95)109-66-64(107-70-62(92)52(82)47(77)40(32-73)103-70)57(87)56(86)58(88)65(66)108-71-63(93)55(85)50(80)43(106-71)37-99-69-61(91)54(84)49(79)42(105-69)36-98-68-60(90)53(83)48(78)41(104-68)35-97-67-59(89)51(81)46(76)39(31-72)102-67/h14,16,38-43,46-73,76-93H,3-13,15,17-37H2,1-2H3,(H,94,95)/b16-14-/t38-,39?,40?,41?,42?,43?,46+,47-,48+,49+,50+,51?,52?,53?,54?,55?,56+,57?,58?,59+,60+,61+,62-,63+,64-,65?,66+,67-,68-,69-,70-,71+/m1/s1. The summed E-state index contributed by atoms with van der Waals surface area (Å²) in [5.74, 6) is -1.49. The number of ether oxygens (including phenoxy) is 12. The number of phosphoric ester groups is 1. The Kier molecular flexibility index (Phi) is 43.6. The van der Waals surface area contributed by atoms with Gasteiger partial charge in [-0.15, -0.1) is 0 Å². The molecular formula is C71H127O38P. The molecule has 0 aromatic carbocycles. The maximum atomic E-state index is 14.4. The fourth-order valence-corrected chi connectivity index (χ4v) is 14.6. The van der Waals surface area contributed by atoms with Crippen molar-refractivity contribution in [2.45, 2.75) is 377 Å². The molecule has 0 radical (unpaired) electrons. The van der Waals surface area contributed by atoms with E-state index < -0.39 is 262 Å². The minimum Gasteiger partial charge on any atom is -0.462 e. The van der Waals surface area contributed by atoms with E-state index in [2.05, 4.69) is 26.0 Å². The van der Waals surface area contributed by atoms with Crippen molar-refractivity contribution in [3.8, 4) is 0 Å². The zero-order chi connectivity index (χ0) is 80.8. The lowest BCUT2D eigenvalue weighted by atomic mass is 9.84. The third kappa shape index (κ3) is 29.3. The first-order chi connectivity index (χ1) is 52.5. The van der Waals surface area contributed by atoms with Crippen molar-refractivity contribution in [2.75, 3.05) is 46.2 Å². The molecule has 33 atom stereocenters. The van der Waals surface area contributed by atoms with Crippen LogP contribution in [0.15, 0.2) is 12.2 Å². The zero-order valence-corrected chi connectivity index (χ0v) is 63.6. The van der Waals surface area contributed by atoms with Gasteiger partial charge in [-0.2, -0.15) is 0 Å². The molecule has 0 bridgehead atoms. The molecule has 21 N–H and O–H groups in total. The number of carbonyl (C=O) groups is 2. The Labute approximate surface area is 640 Å². The second kappa shape index (κ2) is 49.7. The van der Waals surface area contributed by atoms with Crippen LogP contribution in [0.3, 0.4) is 0 Å². The summed E-state index contributed by atoms with van der Waals surface area (Å²) in [6, 6.07) is 0. The van der Waals surface area contributed by atoms with Crippen LogP contribution in [0.2, 0.25) is 0 Å². The number of aliphatic hydroxyl groups is 20. The van der Waals surface area contributed by atoms with Crippen LogP contribution in [0, 0.1) is 0 Å². The number of allylic oxidation sites excluding steroid dienone is 2. The minimum atomic E-state index is -5.85.